The van der Waals surface area contributed by atoms with Gasteiger partial charge in [-0.1, -0.05) is 36.4 Å². The van der Waals surface area contributed by atoms with Crippen LogP contribution < -0.4 is 16.2 Å². The maximum Gasteiger partial charge on any atom is 0.409 e. The number of pyridine rings is 1. The van der Waals surface area contributed by atoms with Gasteiger partial charge in [-0.15, -0.1) is 0 Å². The molecule has 4 aromatic rings. The molecule has 9 nitrogen and oxygen atoms in total. The van der Waals surface area contributed by atoms with E-state index in [-0.39, 0.29) is 23.5 Å². The summed E-state index contributed by atoms with van der Waals surface area (Å²) < 4.78 is 0. The van der Waals surface area contributed by atoms with Gasteiger partial charge in [0.15, 0.2) is 0 Å². The van der Waals surface area contributed by atoms with Gasteiger partial charge in [0.25, 0.3) is 5.56 Å². The highest BCUT2D eigenvalue weighted by molar-refractivity contribution is 5.97. The number of H-pyrrole nitrogens is 2. The average molecular weight is 405 g/mol. The number of anilines is 2. The predicted molar refractivity (Wildman–Crippen MR) is 114 cm³/mol. The lowest BCUT2D eigenvalue weighted by molar-refractivity contribution is 0.191. The molecule has 1 atom stereocenters. The van der Waals surface area contributed by atoms with Crippen LogP contribution in [0.25, 0.3) is 22.4 Å². The number of nitrogens with zero attached hydrogens (tertiary/aromatic N) is 1. The molecule has 0 bridgehead atoms. The van der Waals surface area contributed by atoms with Crippen LogP contribution >= 0.6 is 0 Å². The second-order valence-electron chi connectivity index (χ2n) is 6.62. The molecule has 0 aliphatic rings. The number of benzene rings is 2. The molecule has 0 aliphatic heterocycles. The van der Waals surface area contributed by atoms with Crippen LogP contribution in [-0.2, 0) is 0 Å². The average Bonchev–Trinajstić information content (AvgIpc) is 3.17. The Morgan fingerprint density at radius 3 is 2.63 bits per heavy atom. The van der Waals surface area contributed by atoms with Crippen molar-refractivity contribution >= 4 is 28.5 Å². The van der Waals surface area contributed by atoms with Crippen molar-refractivity contribution in [1.82, 2.24) is 15.0 Å². The zero-order chi connectivity index (χ0) is 21.1. The van der Waals surface area contributed by atoms with E-state index in [4.69, 9.17) is 5.11 Å². The normalized spacial score (nSPS) is 11.9. The van der Waals surface area contributed by atoms with E-state index in [1.165, 1.54) is 6.20 Å². The van der Waals surface area contributed by atoms with Gasteiger partial charge in [-0.05, 0) is 23.8 Å². The van der Waals surface area contributed by atoms with Crippen molar-refractivity contribution in [2.75, 3.05) is 17.2 Å². The number of hydrogen-bond donors (Lipinski definition) is 6. The zero-order valence-electron chi connectivity index (χ0n) is 15.7. The van der Waals surface area contributed by atoms with E-state index in [0.29, 0.717) is 22.4 Å². The van der Waals surface area contributed by atoms with E-state index in [2.05, 4.69) is 25.6 Å². The molecule has 2 aromatic carbocycles. The lowest BCUT2D eigenvalue weighted by Crippen LogP contribution is -2.17. The van der Waals surface area contributed by atoms with Gasteiger partial charge in [0.05, 0.1) is 23.0 Å². The van der Waals surface area contributed by atoms with Crippen LogP contribution in [0.15, 0.2) is 65.6 Å². The Labute approximate surface area is 170 Å². The number of hydrogen-bond acceptors (Lipinski definition) is 5. The second kappa shape index (κ2) is 8.10. The first-order chi connectivity index (χ1) is 14.5. The molecule has 1 amide bonds. The Morgan fingerprint density at radius 2 is 1.87 bits per heavy atom. The Kier molecular flexibility index (Phi) is 5.19. The number of nitrogens with one attached hydrogen (secondary N) is 4. The van der Waals surface area contributed by atoms with E-state index < -0.39 is 12.2 Å². The molecule has 0 saturated heterocycles. The van der Waals surface area contributed by atoms with Crippen LogP contribution in [0.4, 0.5) is 16.2 Å². The number of carboxylic acid groups (broad SMARTS) is 1. The fourth-order valence-electron chi connectivity index (χ4n) is 3.23. The highest BCUT2D eigenvalue weighted by atomic mass is 16.4. The molecule has 30 heavy (non-hydrogen) atoms. The van der Waals surface area contributed by atoms with Crippen LogP contribution in [0.3, 0.4) is 0 Å². The molecule has 0 aliphatic carbocycles. The molecule has 0 radical (unpaired) electrons. The largest absolute Gasteiger partial charge is 0.465 e. The van der Waals surface area contributed by atoms with Crippen LogP contribution in [0.1, 0.15) is 11.7 Å². The monoisotopic (exact) mass is 405 g/mol. The molecular weight excluding hydrogens is 386 g/mol. The number of aliphatic hydroxyl groups is 1. The Bertz CT molecular complexity index is 1250. The molecule has 0 saturated carbocycles. The highest BCUT2D eigenvalue weighted by Crippen LogP contribution is 2.28. The van der Waals surface area contributed by atoms with Gasteiger partial charge < -0.3 is 25.5 Å². The number of rotatable bonds is 6. The molecule has 2 aromatic heterocycles. The maximum absolute atomic E-state index is 12.6. The second-order valence-corrected chi connectivity index (χ2v) is 6.62. The summed E-state index contributed by atoms with van der Waals surface area (Å²) in [6, 6.07) is 15.9. The molecule has 6 N–H and O–H groups in total. The predicted octanol–water partition coefficient (Wildman–Crippen LogP) is 3.15. The number of aromatic amines is 2. The van der Waals surface area contributed by atoms with Gasteiger partial charge in [-0.2, -0.15) is 0 Å². The lowest BCUT2D eigenvalue weighted by Gasteiger charge is -2.14. The van der Waals surface area contributed by atoms with E-state index >= 15 is 0 Å². The van der Waals surface area contributed by atoms with Crippen LogP contribution in [-0.4, -0.2) is 37.8 Å². The summed E-state index contributed by atoms with van der Waals surface area (Å²) >= 11 is 0. The minimum atomic E-state index is -1.21. The minimum Gasteiger partial charge on any atom is -0.465 e. The number of fused-ring (bicyclic) bond motifs is 1. The first-order valence-corrected chi connectivity index (χ1v) is 9.20. The van der Waals surface area contributed by atoms with Crippen molar-refractivity contribution < 1.29 is 15.0 Å². The number of aromatic nitrogens is 3. The Morgan fingerprint density at radius 1 is 1.07 bits per heavy atom. The molecule has 0 fully saturated rings. The van der Waals surface area contributed by atoms with Crippen LogP contribution in [0.2, 0.25) is 0 Å². The van der Waals surface area contributed by atoms with Gasteiger partial charge >= 0.3 is 6.09 Å². The Hall–Kier alpha value is -4.11. The first-order valence-electron chi connectivity index (χ1n) is 9.20. The molecular formula is C21H19N5O4. The van der Waals surface area contributed by atoms with E-state index in [0.717, 1.165) is 5.56 Å². The molecule has 152 valence electrons. The maximum atomic E-state index is 12.6. The molecule has 4 rings (SSSR count). The third kappa shape index (κ3) is 3.87. The van der Waals surface area contributed by atoms with Crippen LogP contribution in [0.5, 0.6) is 0 Å². The van der Waals surface area contributed by atoms with Crippen molar-refractivity contribution in [3.63, 3.8) is 0 Å². The molecule has 2 heterocycles. The quantitative estimate of drug-likeness (QED) is 0.291. The summed E-state index contributed by atoms with van der Waals surface area (Å²) in [6.45, 7) is 0.187. The zero-order valence-corrected chi connectivity index (χ0v) is 15.7. The Balaban J connectivity index is 1.68. The topological polar surface area (TPSA) is 143 Å². The summed E-state index contributed by atoms with van der Waals surface area (Å²) in [6.07, 6.45) is -0.467. The molecule has 9 heteroatoms. The summed E-state index contributed by atoms with van der Waals surface area (Å²) in [5.41, 5.74) is 2.41. The fraction of sp³-hybridized carbons (Fsp3) is 0.0952. The summed E-state index contributed by atoms with van der Waals surface area (Å²) in [5, 5.41) is 24.8. The van der Waals surface area contributed by atoms with E-state index in [1.807, 2.05) is 30.3 Å². The van der Waals surface area contributed by atoms with Crippen molar-refractivity contribution in [3.05, 3.63) is 76.7 Å². The minimum absolute atomic E-state index is 0.187. The van der Waals surface area contributed by atoms with Gasteiger partial charge in [0, 0.05) is 12.7 Å². The SMILES string of the molecule is O=C(O)Nc1cccc2[nH]c(-c3c(NC[C@@H](O)c4ccccc4)cc[nH]c3=O)nc12. The smallest absolute Gasteiger partial charge is 0.409 e. The highest BCUT2D eigenvalue weighted by Gasteiger charge is 2.17. The van der Waals surface area contributed by atoms with Crippen molar-refractivity contribution in [2.45, 2.75) is 6.10 Å². The van der Waals surface area contributed by atoms with E-state index in [9.17, 15) is 14.7 Å². The fourth-order valence-corrected chi connectivity index (χ4v) is 3.23. The van der Waals surface area contributed by atoms with Gasteiger partial charge in [0.2, 0.25) is 0 Å². The number of amides is 1. The summed E-state index contributed by atoms with van der Waals surface area (Å²) in [4.78, 5) is 33.7. The third-order valence-corrected chi connectivity index (χ3v) is 4.62. The third-order valence-electron chi connectivity index (χ3n) is 4.62. The van der Waals surface area contributed by atoms with Gasteiger partial charge in [0.1, 0.15) is 16.9 Å². The van der Waals surface area contributed by atoms with Crippen molar-refractivity contribution in [3.8, 4) is 11.4 Å². The van der Waals surface area contributed by atoms with Crippen LogP contribution in [0, 0.1) is 0 Å². The standard InChI is InChI=1S/C21H19N5O4/c27-16(12-5-2-1-3-6-12)11-23-13-9-10-22-20(28)17(13)19-24-14-7-4-8-15(18(14)26-19)25-21(29)30/h1-10,16,25,27H,11H2,(H,24,26)(H,29,30)(H2,22,23,28)/t16-/m1/s1. The van der Waals surface area contributed by atoms with E-state index in [1.54, 1.807) is 24.3 Å². The van der Waals surface area contributed by atoms with Crippen molar-refractivity contribution in [1.29, 1.82) is 0 Å². The molecule has 0 spiro atoms. The summed E-state index contributed by atoms with van der Waals surface area (Å²) in [5.74, 6) is 0.281. The number of aliphatic hydroxyl groups excluding tert-OH is 1. The van der Waals surface area contributed by atoms with Gasteiger partial charge in [-0.25, -0.2) is 9.78 Å². The number of imidazole rings is 1. The number of carbonyl (C=O) groups is 1. The summed E-state index contributed by atoms with van der Waals surface area (Å²) in [7, 11) is 0. The lowest BCUT2D eigenvalue weighted by atomic mass is 10.1. The van der Waals surface area contributed by atoms with Crippen molar-refractivity contribution in [2.24, 2.45) is 0 Å². The van der Waals surface area contributed by atoms with Gasteiger partial charge in [-0.3, -0.25) is 10.1 Å². The first kappa shape index (κ1) is 19.2. The number of para-hydroxylation sites is 1. The molecule has 0 unspecified atom stereocenters.